The molecule has 0 radical (unpaired) electrons. The van der Waals surface area contributed by atoms with E-state index in [1.807, 2.05) is 6.92 Å². The van der Waals surface area contributed by atoms with Crippen LogP contribution < -0.4 is 0 Å². The highest BCUT2D eigenvalue weighted by molar-refractivity contribution is 7.89. The maximum absolute atomic E-state index is 13.0. The number of amides is 2. The van der Waals surface area contributed by atoms with E-state index in [-0.39, 0.29) is 48.8 Å². The molecule has 32 heavy (non-hydrogen) atoms. The molecule has 2 aliphatic rings. The van der Waals surface area contributed by atoms with Crippen molar-refractivity contribution in [3.8, 4) is 0 Å². The Bertz CT molecular complexity index is 927. The Kier molecular flexibility index (Phi) is 7.49. The smallest absolute Gasteiger partial charge is 0.342 e. The Morgan fingerprint density at radius 1 is 1.00 bits per heavy atom. The lowest BCUT2D eigenvalue weighted by Gasteiger charge is -2.38. The normalized spacial score (nSPS) is 20.9. The summed E-state index contributed by atoms with van der Waals surface area (Å²) in [5, 5.41) is 0. The van der Waals surface area contributed by atoms with Crippen LogP contribution in [0.25, 0.3) is 0 Å². The molecule has 3 rings (SSSR count). The van der Waals surface area contributed by atoms with Crippen molar-refractivity contribution in [1.82, 2.24) is 14.1 Å². The number of piperidine rings is 1. The Morgan fingerprint density at radius 3 is 2.19 bits per heavy atom. The minimum atomic E-state index is -4.54. The van der Waals surface area contributed by atoms with Crippen LogP contribution in [0.15, 0.2) is 29.2 Å². The molecule has 0 spiro atoms. The van der Waals surface area contributed by atoms with Crippen LogP contribution in [-0.4, -0.2) is 73.6 Å². The molecule has 0 aromatic heterocycles. The number of sulfonamides is 1. The topological polar surface area (TPSA) is 78.0 Å². The van der Waals surface area contributed by atoms with Crippen LogP contribution >= 0.6 is 0 Å². The van der Waals surface area contributed by atoms with Gasteiger partial charge in [0.15, 0.2) is 0 Å². The quantitative estimate of drug-likeness (QED) is 0.656. The zero-order valence-corrected chi connectivity index (χ0v) is 18.8. The van der Waals surface area contributed by atoms with E-state index in [0.29, 0.717) is 25.9 Å². The van der Waals surface area contributed by atoms with E-state index < -0.39 is 21.8 Å². The van der Waals surface area contributed by atoms with Gasteiger partial charge in [0.1, 0.15) is 0 Å². The van der Waals surface area contributed by atoms with Crippen LogP contribution in [0, 0.1) is 5.92 Å². The van der Waals surface area contributed by atoms with Crippen molar-refractivity contribution in [2.24, 2.45) is 5.92 Å². The monoisotopic (exact) mass is 475 g/mol. The van der Waals surface area contributed by atoms with E-state index >= 15 is 0 Å². The van der Waals surface area contributed by atoms with E-state index in [4.69, 9.17) is 0 Å². The predicted octanol–water partition coefficient (Wildman–Crippen LogP) is 2.58. The molecule has 0 bridgehead atoms. The minimum Gasteiger partial charge on any atom is -0.342 e. The number of piperazine rings is 1. The van der Waals surface area contributed by atoms with E-state index in [2.05, 4.69) is 0 Å². The van der Waals surface area contributed by atoms with Gasteiger partial charge in [-0.1, -0.05) is 6.92 Å². The lowest BCUT2D eigenvalue weighted by atomic mass is 9.96. The fourth-order valence-electron chi connectivity index (χ4n) is 4.15. The Balaban J connectivity index is 1.59. The third-order valence-electron chi connectivity index (χ3n) is 5.96. The second kappa shape index (κ2) is 9.78. The van der Waals surface area contributed by atoms with Crippen molar-refractivity contribution >= 4 is 21.8 Å². The van der Waals surface area contributed by atoms with Gasteiger partial charge in [-0.05, 0) is 43.5 Å². The first kappa shape index (κ1) is 24.5. The lowest BCUT2D eigenvalue weighted by Crippen LogP contribution is -2.54. The first-order valence-electron chi connectivity index (χ1n) is 10.8. The fraction of sp³-hybridized carbons (Fsp3) is 0.619. The van der Waals surface area contributed by atoms with Crippen LogP contribution in [0.1, 0.15) is 38.2 Å². The van der Waals surface area contributed by atoms with Gasteiger partial charge in [0.25, 0.3) is 0 Å². The lowest BCUT2D eigenvalue weighted by molar-refractivity contribution is -0.142. The second-order valence-electron chi connectivity index (χ2n) is 8.18. The molecular weight excluding hydrogens is 447 g/mol. The molecule has 2 aliphatic heterocycles. The Hall–Kier alpha value is -2.14. The third-order valence-corrected chi connectivity index (χ3v) is 7.87. The predicted molar refractivity (Wildman–Crippen MR) is 111 cm³/mol. The van der Waals surface area contributed by atoms with Gasteiger partial charge in [0, 0.05) is 45.7 Å². The van der Waals surface area contributed by atoms with Crippen LogP contribution in [0.3, 0.4) is 0 Å². The Morgan fingerprint density at radius 2 is 1.62 bits per heavy atom. The van der Waals surface area contributed by atoms with Crippen molar-refractivity contribution in [1.29, 1.82) is 0 Å². The zero-order chi connectivity index (χ0) is 23.5. The average molecular weight is 476 g/mol. The molecule has 0 aliphatic carbocycles. The molecule has 2 saturated heterocycles. The van der Waals surface area contributed by atoms with Crippen molar-refractivity contribution < 1.29 is 31.2 Å². The number of carbonyl (C=O) groups excluding carboxylic acids is 2. The highest BCUT2D eigenvalue weighted by Crippen LogP contribution is 2.30. The molecule has 1 unspecified atom stereocenters. The Labute approximate surface area is 186 Å². The van der Waals surface area contributed by atoms with Crippen molar-refractivity contribution in [2.75, 3.05) is 39.3 Å². The molecule has 1 aromatic carbocycles. The molecular formula is C21H28F3N3O4S. The summed E-state index contributed by atoms with van der Waals surface area (Å²) < 4.78 is 65.0. The minimum absolute atomic E-state index is 0.0532. The first-order chi connectivity index (χ1) is 15.0. The second-order valence-corrected chi connectivity index (χ2v) is 10.1. The fourth-order valence-corrected chi connectivity index (χ4v) is 5.57. The van der Waals surface area contributed by atoms with E-state index in [1.165, 1.54) is 4.31 Å². The summed E-state index contributed by atoms with van der Waals surface area (Å²) >= 11 is 0. The summed E-state index contributed by atoms with van der Waals surface area (Å²) in [4.78, 5) is 28.3. The SMILES string of the molecule is CCCC(=O)N1CCCC(C(=O)N2CCN(S(=O)(=O)c3ccc(C(F)(F)F)cc3)CC2)C1. The van der Waals surface area contributed by atoms with E-state index in [9.17, 15) is 31.2 Å². The number of alkyl halides is 3. The van der Waals surface area contributed by atoms with Crippen molar-refractivity contribution in [3.05, 3.63) is 29.8 Å². The van der Waals surface area contributed by atoms with E-state index in [0.717, 1.165) is 37.1 Å². The molecule has 2 heterocycles. The summed E-state index contributed by atoms with van der Waals surface area (Å²) in [6, 6.07) is 3.42. The van der Waals surface area contributed by atoms with Gasteiger partial charge in [0.05, 0.1) is 16.4 Å². The van der Waals surface area contributed by atoms with Crippen LogP contribution in [0.5, 0.6) is 0 Å². The molecule has 2 amide bonds. The molecule has 2 fully saturated rings. The van der Waals surface area contributed by atoms with Gasteiger partial charge in [-0.25, -0.2) is 8.42 Å². The molecule has 0 N–H and O–H groups in total. The number of benzene rings is 1. The van der Waals surface area contributed by atoms with Gasteiger partial charge >= 0.3 is 6.18 Å². The number of halogens is 3. The van der Waals surface area contributed by atoms with Crippen LogP contribution in [0.2, 0.25) is 0 Å². The summed E-state index contributed by atoms with van der Waals surface area (Å²) in [6.07, 6.45) is -1.87. The van der Waals surface area contributed by atoms with Crippen molar-refractivity contribution in [3.63, 3.8) is 0 Å². The van der Waals surface area contributed by atoms with Gasteiger partial charge < -0.3 is 9.80 Å². The summed E-state index contributed by atoms with van der Waals surface area (Å²) in [5.74, 6) is -0.314. The van der Waals surface area contributed by atoms with Gasteiger partial charge in [-0.2, -0.15) is 17.5 Å². The number of carbonyl (C=O) groups is 2. The largest absolute Gasteiger partial charge is 0.416 e. The van der Waals surface area contributed by atoms with Gasteiger partial charge in [0.2, 0.25) is 21.8 Å². The number of likely N-dealkylation sites (tertiary alicyclic amines) is 1. The third kappa shape index (κ3) is 5.43. The maximum atomic E-state index is 13.0. The summed E-state index contributed by atoms with van der Waals surface area (Å²) in [6.45, 7) is 3.53. The number of rotatable bonds is 5. The molecule has 7 nitrogen and oxygen atoms in total. The van der Waals surface area contributed by atoms with Crippen LogP contribution in [0.4, 0.5) is 13.2 Å². The maximum Gasteiger partial charge on any atom is 0.416 e. The molecule has 11 heteroatoms. The molecule has 1 aromatic rings. The standard InChI is InChI=1S/C21H28F3N3O4S/c1-2-4-19(28)26-10-3-5-16(15-26)20(29)25-11-13-27(14-12-25)32(30,31)18-8-6-17(7-9-18)21(22,23)24/h6-9,16H,2-5,10-15H2,1H3. The highest BCUT2D eigenvalue weighted by atomic mass is 32.2. The first-order valence-corrected chi connectivity index (χ1v) is 12.2. The number of hydrogen-bond acceptors (Lipinski definition) is 4. The summed E-state index contributed by atoms with van der Waals surface area (Å²) in [7, 11) is -3.95. The molecule has 178 valence electrons. The van der Waals surface area contributed by atoms with Crippen LogP contribution in [-0.2, 0) is 25.8 Å². The highest BCUT2D eigenvalue weighted by Gasteiger charge is 2.36. The number of hydrogen-bond donors (Lipinski definition) is 0. The number of nitrogens with zero attached hydrogens (tertiary/aromatic N) is 3. The molecule has 1 atom stereocenters. The molecule has 0 saturated carbocycles. The van der Waals surface area contributed by atoms with Crippen molar-refractivity contribution in [2.45, 2.75) is 43.7 Å². The zero-order valence-electron chi connectivity index (χ0n) is 18.0. The van der Waals surface area contributed by atoms with E-state index in [1.54, 1.807) is 9.80 Å². The van der Waals surface area contributed by atoms with Gasteiger partial charge in [-0.3, -0.25) is 9.59 Å². The summed E-state index contributed by atoms with van der Waals surface area (Å²) in [5.41, 5.74) is -0.911. The average Bonchev–Trinajstić information content (AvgIpc) is 2.78. The van der Waals surface area contributed by atoms with Gasteiger partial charge in [-0.15, -0.1) is 0 Å².